The number of rotatable bonds is 10. The van der Waals surface area contributed by atoms with Crippen molar-refractivity contribution in [2.24, 2.45) is 0 Å². The Morgan fingerprint density at radius 1 is 0.857 bits per heavy atom. The van der Waals surface area contributed by atoms with Crippen molar-refractivity contribution in [3.63, 3.8) is 0 Å². The van der Waals surface area contributed by atoms with E-state index in [1.54, 1.807) is 0 Å². The Morgan fingerprint density at radius 2 is 1.38 bits per heavy atom. The molecule has 1 aromatic rings. The fraction of sp³-hybridized carbons (Fsp3) is 0.667. The maximum Gasteiger partial charge on any atom is 0.140 e. The molecule has 0 aliphatic rings. The normalized spacial score (nSPS) is 12.6. The van der Waals surface area contributed by atoms with E-state index >= 15 is 0 Å². The summed E-state index contributed by atoms with van der Waals surface area (Å²) in [6, 6.07) is 3.00. The van der Waals surface area contributed by atoms with Gasteiger partial charge in [0.2, 0.25) is 0 Å². The van der Waals surface area contributed by atoms with Crippen LogP contribution in [-0.4, -0.2) is 0 Å². The van der Waals surface area contributed by atoms with Gasteiger partial charge in [0.1, 0.15) is 11.6 Å². The van der Waals surface area contributed by atoms with Crippen LogP contribution in [0.3, 0.4) is 0 Å². The standard InChI is InChI=1S/C18H27BrF2/c1-3-5-7-8-9-11-14(10-6-4-2)15-12-16(20)18(19)17(21)13-15/h12-14H,3-11H2,1-2H3. The lowest BCUT2D eigenvalue weighted by atomic mass is 9.88. The summed E-state index contributed by atoms with van der Waals surface area (Å²) in [6.07, 6.45) is 10.4. The number of hydrogen-bond acceptors (Lipinski definition) is 0. The number of halogens is 3. The molecule has 0 fully saturated rings. The van der Waals surface area contributed by atoms with Crippen LogP contribution >= 0.6 is 15.9 Å². The van der Waals surface area contributed by atoms with E-state index in [1.807, 2.05) is 0 Å². The molecule has 0 heterocycles. The molecular weight excluding hydrogens is 334 g/mol. The molecule has 0 saturated carbocycles. The van der Waals surface area contributed by atoms with Gasteiger partial charge in [0.25, 0.3) is 0 Å². The van der Waals surface area contributed by atoms with Gasteiger partial charge in [-0.1, -0.05) is 58.8 Å². The molecule has 0 aliphatic carbocycles. The van der Waals surface area contributed by atoms with Crippen molar-refractivity contribution in [3.8, 4) is 0 Å². The summed E-state index contributed by atoms with van der Waals surface area (Å²) < 4.78 is 27.4. The zero-order chi connectivity index (χ0) is 15.7. The van der Waals surface area contributed by atoms with Gasteiger partial charge in [-0.05, 0) is 52.4 Å². The highest BCUT2D eigenvalue weighted by Crippen LogP contribution is 2.31. The molecular formula is C18H27BrF2. The molecule has 1 atom stereocenters. The second kappa shape index (κ2) is 10.3. The third-order valence-corrected chi connectivity index (χ3v) is 4.80. The molecule has 0 spiro atoms. The van der Waals surface area contributed by atoms with Crippen LogP contribution < -0.4 is 0 Å². The molecule has 0 amide bonds. The Bertz CT molecular complexity index is 395. The predicted octanol–water partition coefficient (Wildman–Crippen LogP) is 7.36. The van der Waals surface area contributed by atoms with E-state index < -0.39 is 11.6 Å². The first kappa shape index (κ1) is 18.6. The van der Waals surface area contributed by atoms with E-state index in [0.717, 1.165) is 37.7 Å². The molecule has 0 N–H and O–H groups in total. The van der Waals surface area contributed by atoms with Crippen molar-refractivity contribution in [1.82, 2.24) is 0 Å². The summed E-state index contributed by atoms with van der Waals surface area (Å²) in [7, 11) is 0. The molecule has 0 saturated heterocycles. The molecule has 21 heavy (non-hydrogen) atoms. The van der Waals surface area contributed by atoms with E-state index in [1.165, 1.54) is 37.8 Å². The maximum atomic E-state index is 13.7. The average Bonchev–Trinajstić information content (AvgIpc) is 2.47. The quantitative estimate of drug-likeness (QED) is 0.302. The molecule has 1 unspecified atom stereocenters. The predicted molar refractivity (Wildman–Crippen MR) is 89.7 cm³/mol. The largest absolute Gasteiger partial charge is 0.206 e. The highest BCUT2D eigenvalue weighted by molar-refractivity contribution is 9.10. The van der Waals surface area contributed by atoms with E-state index in [2.05, 4.69) is 29.8 Å². The summed E-state index contributed by atoms with van der Waals surface area (Å²) in [6.45, 7) is 4.36. The van der Waals surface area contributed by atoms with Crippen LogP contribution in [0.2, 0.25) is 0 Å². The Balaban J connectivity index is 2.68. The van der Waals surface area contributed by atoms with E-state index in [-0.39, 0.29) is 10.4 Å². The van der Waals surface area contributed by atoms with Gasteiger partial charge < -0.3 is 0 Å². The number of benzene rings is 1. The zero-order valence-corrected chi connectivity index (χ0v) is 14.8. The second-order valence-electron chi connectivity index (χ2n) is 5.84. The summed E-state index contributed by atoms with van der Waals surface area (Å²) in [5.41, 5.74) is 0.817. The van der Waals surface area contributed by atoms with Crippen LogP contribution in [0.1, 0.15) is 83.1 Å². The van der Waals surface area contributed by atoms with Gasteiger partial charge in [-0.15, -0.1) is 0 Å². The van der Waals surface area contributed by atoms with Gasteiger partial charge in [0.15, 0.2) is 0 Å². The van der Waals surface area contributed by atoms with Crippen molar-refractivity contribution >= 4 is 15.9 Å². The molecule has 0 aliphatic heterocycles. The highest BCUT2D eigenvalue weighted by atomic mass is 79.9. The molecule has 0 bridgehead atoms. The van der Waals surface area contributed by atoms with Crippen molar-refractivity contribution in [2.75, 3.05) is 0 Å². The minimum atomic E-state index is -0.488. The Labute approximate surface area is 136 Å². The maximum absolute atomic E-state index is 13.7. The molecule has 0 aromatic heterocycles. The van der Waals surface area contributed by atoms with Crippen LogP contribution in [-0.2, 0) is 0 Å². The molecule has 1 aromatic carbocycles. The lowest BCUT2D eigenvalue weighted by molar-refractivity contribution is 0.495. The van der Waals surface area contributed by atoms with Crippen LogP contribution in [0, 0.1) is 11.6 Å². The van der Waals surface area contributed by atoms with Crippen molar-refractivity contribution in [3.05, 3.63) is 33.8 Å². The first-order chi connectivity index (χ1) is 10.1. The fourth-order valence-corrected chi connectivity index (χ4v) is 2.96. The van der Waals surface area contributed by atoms with Gasteiger partial charge in [-0.3, -0.25) is 0 Å². The first-order valence-corrected chi connectivity index (χ1v) is 9.03. The van der Waals surface area contributed by atoms with E-state index in [0.29, 0.717) is 0 Å². The van der Waals surface area contributed by atoms with Crippen LogP contribution in [0.4, 0.5) is 8.78 Å². The van der Waals surface area contributed by atoms with Gasteiger partial charge in [0.05, 0.1) is 4.47 Å². The SMILES string of the molecule is CCCCCCCC(CCCC)c1cc(F)c(Br)c(F)c1. The summed E-state index contributed by atoms with van der Waals surface area (Å²) >= 11 is 2.95. The number of unbranched alkanes of at least 4 members (excludes halogenated alkanes) is 5. The lowest BCUT2D eigenvalue weighted by Crippen LogP contribution is -2.02. The molecule has 1 rings (SSSR count). The van der Waals surface area contributed by atoms with Gasteiger partial charge >= 0.3 is 0 Å². The topological polar surface area (TPSA) is 0 Å². The van der Waals surface area contributed by atoms with Crippen LogP contribution in [0.25, 0.3) is 0 Å². The van der Waals surface area contributed by atoms with Gasteiger partial charge in [-0.2, -0.15) is 0 Å². The number of hydrogen-bond donors (Lipinski definition) is 0. The highest BCUT2D eigenvalue weighted by Gasteiger charge is 2.16. The second-order valence-corrected chi connectivity index (χ2v) is 6.63. The monoisotopic (exact) mass is 360 g/mol. The molecule has 3 heteroatoms. The summed E-state index contributed by atoms with van der Waals surface area (Å²) in [5, 5.41) is 0. The lowest BCUT2D eigenvalue weighted by Gasteiger charge is -2.18. The van der Waals surface area contributed by atoms with E-state index in [4.69, 9.17) is 0 Å². The minimum absolute atomic E-state index is 0.0524. The third kappa shape index (κ3) is 6.46. The van der Waals surface area contributed by atoms with Crippen molar-refractivity contribution in [1.29, 1.82) is 0 Å². The van der Waals surface area contributed by atoms with Crippen molar-refractivity contribution < 1.29 is 8.78 Å². The molecule has 0 radical (unpaired) electrons. The minimum Gasteiger partial charge on any atom is -0.206 e. The molecule has 120 valence electrons. The summed E-state index contributed by atoms with van der Waals surface area (Å²) in [5.74, 6) is -0.696. The molecule has 0 nitrogen and oxygen atoms in total. The average molecular weight is 361 g/mol. The van der Waals surface area contributed by atoms with E-state index in [9.17, 15) is 8.78 Å². The fourth-order valence-electron chi connectivity index (χ4n) is 2.73. The summed E-state index contributed by atoms with van der Waals surface area (Å²) in [4.78, 5) is 0. The Hall–Kier alpha value is -0.440. The zero-order valence-electron chi connectivity index (χ0n) is 13.2. The smallest absolute Gasteiger partial charge is 0.140 e. The first-order valence-electron chi connectivity index (χ1n) is 8.24. The third-order valence-electron chi connectivity index (χ3n) is 4.04. The Morgan fingerprint density at radius 3 is 1.95 bits per heavy atom. The van der Waals surface area contributed by atoms with Crippen LogP contribution in [0.5, 0.6) is 0 Å². The van der Waals surface area contributed by atoms with Crippen LogP contribution in [0.15, 0.2) is 16.6 Å². The van der Waals surface area contributed by atoms with Crippen molar-refractivity contribution in [2.45, 2.75) is 77.6 Å². The Kier molecular flexibility index (Phi) is 9.14. The van der Waals surface area contributed by atoms with Gasteiger partial charge in [0, 0.05) is 0 Å². The van der Waals surface area contributed by atoms with Gasteiger partial charge in [-0.25, -0.2) is 8.78 Å².